The fourth-order valence-corrected chi connectivity index (χ4v) is 1.66. The maximum absolute atomic E-state index is 13.1. The molecule has 0 bridgehead atoms. The van der Waals surface area contributed by atoms with Crippen molar-refractivity contribution in [3.05, 3.63) is 28.0 Å². The van der Waals surface area contributed by atoms with Gasteiger partial charge >= 0.3 is 0 Å². The second-order valence-electron chi connectivity index (χ2n) is 3.52. The third-order valence-corrected chi connectivity index (χ3v) is 2.56. The molecule has 0 saturated heterocycles. The van der Waals surface area contributed by atoms with Crippen LogP contribution in [0.4, 0.5) is 10.1 Å². The minimum absolute atomic E-state index is 0.177. The first kappa shape index (κ1) is 14.7. The molecule has 5 N–H and O–H groups in total. The van der Waals surface area contributed by atoms with Gasteiger partial charge in [0.25, 0.3) is 0 Å². The van der Waals surface area contributed by atoms with Crippen molar-refractivity contribution in [3.8, 4) is 0 Å². The zero-order valence-electron chi connectivity index (χ0n) is 9.04. The molecule has 0 saturated carbocycles. The molecule has 0 aromatic heterocycles. The number of anilines is 1. The van der Waals surface area contributed by atoms with Gasteiger partial charge in [0.05, 0.1) is 22.5 Å². The number of rotatable bonds is 4. The SMILES string of the molecule is NC(=O)CC(N)C(=O)Nc1cc(Cl)c(F)c(Cl)c1. The molecule has 18 heavy (non-hydrogen) atoms. The fourth-order valence-electron chi connectivity index (χ4n) is 1.17. The summed E-state index contributed by atoms with van der Waals surface area (Å²) >= 11 is 11.1. The average molecular weight is 294 g/mol. The third-order valence-electron chi connectivity index (χ3n) is 2.01. The number of benzene rings is 1. The second kappa shape index (κ2) is 5.99. The van der Waals surface area contributed by atoms with Gasteiger partial charge in [0.1, 0.15) is 0 Å². The molecule has 1 aromatic rings. The fraction of sp³-hybridized carbons (Fsp3) is 0.200. The highest BCUT2D eigenvalue weighted by molar-refractivity contribution is 6.35. The van der Waals surface area contributed by atoms with Gasteiger partial charge in [-0.2, -0.15) is 0 Å². The van der Waals surface area contributed by atoms with E-state index in [0.717, 1.165) is 0 Å². The zero-order chi connectivity index (χ0) is 13.9. The van der Waals surface area contributed by atoms with Crippen LogP contribution in [0.3, 0.4) is 0 Å². The standard InChI is InChI=1S/C10H10Cl2FN3O2/c11-5-1-4(2-6(12)9(5)13)16-10(18)7(14)3-8(15)17/h1-2,7H,3,14H2,(H2,15,17)(H,16,18). The molecular formula is C10H10Cl2FN3O2. The van der Waals surface area contributed by atoms with Crippen LogP contribution in [0.5, 0.6) is 0 Å². The Morgan fingerprint density at radius 2 is 1.83 bits per heavy atom. The monoisotopic (exact) mass is 293 g/mol. The molecule has 98 valence electrons. The molecule has 0 fully saturated rings. The van der Waals surface area contributed by atoms with Crippen LogP contribution in [0.1, 0.15) is 6.42 Å². The van der Waals surface area contributed by atoms with Crippen LogP contribution in [0.15, 0.2) is 12.1 Å². The Kier molecular flexibility index (Phi) is 4.89. The van der Waals surface area contributed by atoms with Crippen LogP contribution >= 0.6 is 23.2 Å². The smallest absolute Gasteiger partial charge is 0.241 e. The topological polar surface area (TPSA) is 98.2 Å². The maximum atomic E-state index is 13.1. The van der Waals surface area contributed by atoms with E-state index in [0.29, 0.717) is 0 Å². The largest absolute Gasteiger partial charge is 0.370 e. The van der Waals surface area contributed by atoms with E-state index in [4.69, 9.17) is 34.7 Å². The van der Waals surface area contributed by atoms with E-state index >= 15 is 0 Å². The molecule has 1 atom stereocenters. The summed E-state index contributed by atoms with van der Waals surface area (Å²) in [5.74, 6) is -2.13. The van der Waals surface area contributed by atoms with Gasteiger partial charge in [-0.15, -0.1) is 0 Å². The van der Waals surface area contributed by atoms with Gasteiger partial charge in [0, 0.05) is 5.69 Å². The Balaban J connectivity index is 2.79. The first-order valence-corrected chi connectivity index (χ1v) is 5.56. The normalized spacial score (nSPS) is 12.0. The van der Waals surface area contributed by atoms with E-state index in [-0.39, 0.29) is 22.2 Å². The molecule has 0 aliphatic rings. The summed E-state index contributed by atoms with van der Waals surface area (Å²) in [5.41, 5.74) is 10.5. The molecule has 8 heteroatoms. The average Bonchev–Trinajstić information content (AvgIpc) is 2.24. The number of carbonyl (C=O) groups is 2. The van der Waals surface area contributed by atoms with Crippen molar-refractivity contribution in [3.63, 3.8) is 0 Å². The molecular weight excluding hydrogens is 284 g/mol. The second-order valence-corrected chi connectivity index (χ2v) is 4.33. The molecule has 1 rings (SSSR count). The summed E-state index contributed by atoms with van der Waals surface area (Å²) in [7, 11) is 0. The van der Waals surface area contributed by atoms with Gasteiger partial charge in [-0.25, -0.2) is 4.39 Å². The molecule has 5 nitrogen and oxygen atoms in total. The quantitative estimate of drug-likeness (QED) is 0.729. The molecule has 0 heterocycles. The van der Waals surface area contributed by atoms with Crippen molar-refractivity contribution in [2.45, 2.75) is 12.5 Å². The highest BCUT2D eigenvalue weighted by atomic mass is 35.5. The molecule has 1 aromatic carbocycles. The number of nitrogens with two attached hydrogens (primary N) is 2. The summed E-state index contributed by atoms with van der Waals surface area (Å²) in [4.78, 5) is 22.1. The van der Waals surface area contributed by atoms with E-state index in [9.17, 15) is 14.0 Å². The number of hydrogen-bond acceptors (Lipinski definition) is 3. The van der Waals surface area contributed by atoms with Gasteiger partial charge in [0.2, 0.25) is 11.8 Å². The Hall–Kier alpha value is -1.37. The summed E-state index contributed by atoms with van der Waals surface area (Å²) < 4.78 is 13.1. The van der Waals surface area contributed by atoms with Gasteiger partial charge in [-0.05, 0) is 12.1 Å². The minimum atomic E-state index is -1.09. The molecule has 1 unspecified atom stereocenters. The lowest BCUT2D eigenvalue weighted by Gasteiger charge is -2.11. The van der Waals surface area contributed by atoms with E-state index < -0.39 is 23.7 Å². The molecule has 0 aliphatic heterocycles. The van der Waals surface area contributed by atoms with Crippen molar-refractivity contribution in [2.75, 3.05) is 5.32 Å². The van der Waals surface area contributed by atoms with Crippen LogP contribution in [0.25, 0.3) is 0 Å². The summed E-state index contributed by atoms with van der Waals surface area (Å²) in [6.45, 7) is 0. The van der Waals surface area contributed by atoms with Gasteiger partial charge in [-0.1, -0.05) is 23.2 Å². The third kappa shape index (κ3) is 3.83. The first-order chi connectivity index (χ1) is 8.31. The number of primary amides is 1. The van der Waals surface area contributed by atoms with E-state index in [2.05, 4.69) is 5.32 Å². The van der Waals surface area contributed by atoms with Crippen molar-refractivity contribution >= 4 is 40.7 Å². The zero-order valence-corrected chi connectivity index (χ0v) is 10.6. The summed E-state index contributed by atoms with van der Waals surface area (Å²) in [6.07, 6.45) is -0.297. The summed E-state index contributed by atoms with van der Waals surface area (Å²) in [5, 5.41) is 1.88. The number of carbonyl (C=O) groups excluding carboxylic acids is 2. The van der Waals surface area contributed by atoms with Gasteiger partial charge in [0.15, 0.2) is 5.82 Å². The van der Waals surface area contributed by atoms with Gasteiger partial charge in [-0.3, -0.25) is 9.59 Å². The van der Waals surface area contributed by atoms with E-state index in [1.165, 1.54) is 12.1 Å². The molecule has 0 spiro atoms. The highest BCUT2D eigenvalue weighted by Crippen LogP contribution is 2.27. The van der Waals surface area contributed by atoms with Gasteiger partial charge < -0.3 is 16.8 Å². The van der Waals surface area contributed by atoms with Crippen molar-refractivity contribution in [1.82, 2.24) is 0 Å². The Bertz CT molecular complexity index is 473. The number of amides is 2. The Morgan fingerprint density at radius 1 is 1.33 bits per heavy atom. The van der Waals surface area contributed by atoms with E-state index in [1.54, 1.807) is 0 Å². The molecule has 0 radical (unpaired) electrons. The minimum Gasteiger partial charge on any atom is -0.370 e. The number of halogens is 3. The maximum Gasteiger partial charge on any atom is 0.241 e. The van der Waals surface area contributed by atoms with Crippen LogP contribution in [0.2, 0.25) is 10.0 Å². The van der Waals surface area contributed by atoms with Crippen LogP contribution in [0, 0.1) is 5.82 Å². The van der Waals surface area contributed by atoms with Crippen LogP contribution < -0.4 is 16.8 Å². The van der Waals surface area contributed by atoms with Crippen molar-refractivity contribution in [1.29, 1.82) is 0 Å². The predicted octanol–water partition coefficient (Wildman–Crippen LogP) is 1.27. The Morgan fingerprint density at radius 3 is 2.28 bits per heavy atom. The first-order valence-electron chi connectivity index (χ1n) is 4.80. The number of nitrogens with one attached hydrogen (secondary N) is 1. The predicted molar refractivity (Wildman–Crippen MR) is 66.8 cm³/mol. The van der Waals surface area contributed by atoms with E-state index in [1.807, 2.05) is 0 Å². The molecule has 0 aliphatic carbocycles. The van der Waals surface area contributed by atoms with Crippen molar-refractivity contribution < 1.29 is 14.0 Å². The van der Waals surface area contributed by atoms with Crippen molar-refractivity contribution in [2.24, 2.45) is 11.5 Å². The lowest BCUT2D eigenvalue weighted by atomic mass is 10.2. The number of hydrogen-bond donors (Lipinski definition) is 3. The van der Waals surface area contributed by atoms with Crippen LogP contribution in [-0.2, 0) is 9.59 Å². The Labute approximate surface area is 112 Å². The highest BCUT2D eigenvalue weighted by Gasteiger charge is 2.17. The summed E-state index contributed by atoms with van der Waals surface area (Å²) in [6, 6.07) is 1.26. The lowest BCUT2D eigenvalue weighted by Crippen LogP contribution is -2.39. The van der Waals surface area contributed by atoms with Crippen LogP contribution in [-0.4, -0.2) is 17.9 Å². The molecule has 2 amide bonds. The lowest BCUT2D eigenvalue weighted by molar-refractivity contribution is -0.123.